The zero-order valence-electron chi connectivity index (χ0n) is 11.7. The van der Waals surface area contributed by atoms with Gasteiger partial charge in [0.15, 0.2) is 0 Å². The highest BCUT2D eigenvalue weighted by atomic mass is 35.5. The smallest absolute Gasteiger partial charge is 0.308 e. The number of ketones is 1. The second-order valence-corrected chi connectivity index (χ2v) is 4.40. The van der Waals surface area contributed by atoms with Crippen LogP contribution in [0.5, 0.6) is 0 Å². The SMILES string of the molecule is CC.CC(=O)C(CNCC(F)(F)F)c1ccc(Cl)cc1. The van der Waals surface area contributed by atoms with E-state index >= 15 is 0 Å². The first-order valence-electron chi connectivity index (χ1n) is 6.33. The molecule has 0 amide bonds. The summed E-state index contributed by atoms with van der Waals surface area (Å²) in [4.78, 5) is 11.4. The molecule has 1 rings (SSSR count). The van der Waals surface area contributed by atoms with Crippen LogP contribution in [0.4, 0.5) is 13.2 Å². The Morgan fingerprint density at radius 3 is 2.15 bits per heavy atom. The number of carbonyl (C=O) groups is 1. The van der Waals surface area contributed by atoms with Crippen molar-refractivity contribution in [1.82, 2.24) is 5.32 Å². The highest BCUT2D eigenvalue weighted by Gasteiger charge is 2.27. The molecule has 0 fully saturated rings. The fourth-order valence-electron chi connectivity index (χ4n) is 1.55. The number of Topliss-reactive ketones (excluding diaryl/α,β-unsaturated/α-hetero) is 1. The molecular formula is C14H19ClF3NO. The van der Waals surface area contributed by atoms with Gasteiger partial charge in [0.05, 0.1) is 12.5 Å². The first-order valence-corrected chi connectivity index (χ1v) is 6.71. The third-order valence-corrected chi connectivity index (χ3v) is 2.69. The number of carbonyl (C=O) groups excluding carboxylic acids is 1. The molecule has 0 heterocycles. The minimum atomic E-state index is -4.28. The van der Waals surface area contributed by atoms with E-state index in [9.17, 15) is 18.0 Å². The summed E-state index contributed by atoms with van der Waals surface area (Å²) in [6.45, 7) is 4.20. The molecule has 0 aromatic heterocycles. The first kappa shape index (κ1) is 18.9. The molecule has 1 N–H and O–H groups in total. The maximum Gasteiger partial charge on any atom is 0.401 e. The maximum absolute atomic E-state index is 12.0. The Labute approximate surface area is 122 Å². The Hall–Kier alpha value is -1.07. The lowest BCUT2D eigenvalue weighted by Crippen LogP contribution is -2.33. The third kappa shape index (κ3) is 7.50. The molecule has 0 aliphatic heterocycles. The molecule has 2 nitrogen and oxygen atoms in total. The molecule has 1 aromatic rings. The Morgan fingerprint density at radius 1 is 1.25 bits per heavy atom. The molecule has 20 heavy (non-hydrogen) atoms. The number of alkyl halides is 3. The van der Waals surface area contributed by atoms with E-state index < -0.39 is 18.6 Å². The van der Waals surface area contributed by atoms with Gasteiger partial charge in [-0.1, -0.05) is 37.6 Å². The number of hydrogen-bond acceptors (Lipinski definition) is 2. The van der Waals surface area contributed by atoms with E-state index in [1.165, 1.54) is 6.92 Å². The van der Waals surface area contributed by atoms with Crippen LogP contribution in [-0.2, 0) is 4.79 Å². The van der Waals surface area contributed by atoms with Crippen molar-refractivity contribution in [1.29, 1.82) is 0 Å². The Kier molecular flexibility index (Phi) is 8.49. The topological polar surface area (TPSA) is 29.1 Å². The second-order valence-electron chi connectivity index (χ2n) is 3.96. The second kappa shape index (κ2) is 8.97. The standard InChI is InChI=1S/C12H13ClF3NO.C2H6/c1-8(18)11(6-17-7-12(14,15)16)9-2-4-10(13)5-3-9;1-2/h2-5,11,17H,6-7H2,1H3;1-2H3. The van der Waals surface area contributed by atoms with E-state index in [0.29, 0.717) is 10.6 Å². The van der Waals surface area contributed by atoms with E-state index in [4.69, 9.17) is 11.6 Å². The van der Waals surface area contributed by atoms with Gasteiger partial charge in [-0.2, -0.15) is 13.2 Å². The number of halogens is 4. The molecule has 0 bridgehead atoms. The molecule has 6 heteroatoms. The highest BCUT2D eigenvalue weighted by molar-refractivity contribution is 6.30. The molecule has 1 unspecified atom stereocenters. The molecule has 0 saturated carbocycles. The molecule has 114 valence electrons. The molecule has 0 saturated heterocycles. The van der Waals surface area contributed by atoms with Crippen LogP contribution in [0.3, 0.4) is 0 Å². The average Bonchev–Trinajstić information content (AvgIpc) is 2.37. The first-order chi connectivity index (χ1) is 9.29. The largest absolute Gasteiger partial charge is 0.401 e. The van der Waals surface area contributed by atoms with Gasteiger partial charge in [-0.05, 0) is 24.6 Å². The summed E-state index contributed by atoms with van der Waals surface area (Å²) in [5.41, 5.74) is 0.654. The van der Waals surface area contributed by atoms with E-state index in [0.717, 1.165) is 0 Å². The van der Waals surface area contributed by atoms with Gasteiger partial charge in [-0.25, -0.2) is 0 Å². The lowest BCUT2D eigenvalue weighted by Gasteiger charge is -2.16. The molecule has 0 radical (unpaired) electrons. The van der Waals surface area contributed by atoms with Crippen LogP contribution in [0.1, 0.15) is 32.3 Å². The molecule has 0 aliphatic rings. The Bertz CT molecular complexity index is 404. The van der Waals surface area contributed by atoms with E-state index in [-0.39, 0.29) is 12.3 Å². The van der Waals surface area contributed by atoms with Gasteiger partial charge >= 0.3 is 6.18 Å². The van der Waals surface area contributed by atoms with Crippen molar-refractivity contribution < 1.29 is 18.0 Å². The number of benzene rings is 1. The van der Waals surface area contributed by atoms with E-state index in [1.54, 1.807) is 24.3 Å². The minimum Gasteiger partial charge on any atom is -0.308 e. The van der Waals surface area contributed by atoms with E-state index in [2.05, 4.69) is 5.32 Å². The maximum atomic E-state index is 12.0. The summed E-state index contributed by atoms with van der Waals surface area (Å²) in [7, 11) is 0. The summed E-state index contributed by atoms with van der Waals surface area (Å²) >= 11 is 5.71. The summed E-state index contributed by atoms with van der Waals surface area (Å²) in [6.07, 6.45) is -4.28. The summed E-state index contributed by atoms with van der Waals surface area (Å²) in [5, 5.41) is 2.76. The third-order valence-electron chi connectivity index (χ3n) is 2.44. The lowest BCUT2D eigenvalue weighted by molar-refractivity contribution is -0.126. The highest BCUT2D eigenvalue weighted by Crippen LogP contribution is 2.19. The number of nitrogens with one attached hydrogen (secondary N) is 1. The van der Waals surface area contributed by atoms with Crippen LogP contribution in [0, 0.1) is 0 Å². The van der Waals surface area contributed by atoms with E-state index in [1.807, 2.05) is 13.8 Å². The predicted molar refractivity (Wildman–Crippen MR) is 75.1 cm³/mol. The molecule has 0 aliphatic carbocycles. The van der Waals surface area contributed by atoms with Crippen molar-refractivity contribution >= 4 is 17.4 Å². The van der Waals surface area contributed by atoms with Gasteiger partial charge in [0.2, 0.25) is 0 Å². The van der Waals surface area contributed by atoms with Crippen molar-refractivity contribution in [3.05, 3.63) is 34.9 Å². The van der Waals surface area contributed by atoms with Gasteiger partial charge in [-0.3, -0.25) is 4.79 Å². The molecule has 1 aromatic carbocycles. The molecule has 0 spiro atoms. The van der Waals surface area contributed by atoms with Gasteiger partial charge in [0.1, 0.15) is 5.78 Å². The number of rotatable bonds is 5. The van der Waals surface area contributed by atoms with Crippen LogP contribution in [0.15, 0.2) is 24.3 Å². The van der Waals surface area contributed by atoms with Gasteiger partial charge in [0.25, 0.3) is 0 Å². The Morgan fingerprint density at radius 2 is 1.75 bits per heavy atom. The monoisotopic (exact) mass is 309 g/mol. The normalized spacial score (nSPS) is 12.3. The quantitative estimate of drug-likeness (QED) is 0.883. The lowest BCUT2D eigenvalue weighted by atomic mass is 9.95. The predicted octanol–water partition coefficient (Wildman–Crippen LogP) is 4.19. The van der Waals surface area contributed by atoms with Crippen molar-refractivity contribution in [3.8, 4) is 0 Å². The van der Waals surface area contributed by atoms with Crippen LogP contribution in [0.2, 0.25) is 5.02 Å². The zero-order chi connectivity index (χ0) is 15.8. The van der Waals surface area contributed by atoms with Gasteiger partial charge in [0, 0.05) is 11.6 Å². The zero-order valence-corrected chi connectivity index (χ0v) is 12.5. The minimum absolute atomic E-state index is 0.0452. The summed E-state index contributed by atoms with van der Waals surface area (Å²) in [5.74, 6) is -0.781. The van der Waals surface area contributed by atoms with Crippen LogP contribution < -0.4 is 5.32 Å². The molecule has 1 atom stereocenters. The fraction of sp³-hybridized carbons (Fsp3) is 0.500. The van der Waals surface area contributed by atoms with Crippen LogP contribution in [0.25, 0.3) is 0 Å². The Balaban J connectivity index is 0.00000172. The van der Waals surface area contributed by atoms with Gasteiger partial charge < -0.3 is 5.32 Å². The van der Waals surface area contributed by atoms with Crippen LogP contribution >= 0.6 is 11.6 Å². The average molecular weight is 310 g/mol. The van der Waals surface area contributed by atoms with Crippen LogP contribution in [-0.4, -0.2) is 25.0 Å². The van der Waals surface area contributed by atoms with Gasteiger partial charge in [-0.15, -0.1) is 0 Å². The summed E-state index contributed by atoms with van der Waals surface area (Å²) < 4.78 is 36.0. The number of hydrogen-bond donors (Lipinski definition) is 1. The van der Waals surface area contributed by atoms with Crippen molar-refractivity contribution in [3.63, 3.8) is 0 Å². The summed E-state index contributed by atoms with van der Waals surface area (Å²) in [6, 6.07) is 6.50. The van der Waals surface area contributed by atoms with Crippen molar-refractivity contribution in [2.75, 3.05) is 13.1 Å². The molecular weight excluding hydrogens is 291 g/mol. The fourth-order valence-corrected chi connectivity index (χ4v) is 1.68. The van der Waals surface area contributed by atoms with Crippen molar-refractivity contribution in [2.24, 2.45) is 0 Å². The van der Waals surface area contributed by atoms with Crippen molar-refractivity contribution in [2.45, 2.75) is 32.9 Å².